The van der Waals surface area contributed by atoms with Crippen LogP contribution in [0.15, 0.2) is 60.7 Å². The molecule has 0 radical (unpaired) electrons. The first kappa shape index (κ1) is 28.8. The summed E-state index contributed by atoms with van der Waals surface area (Å²) in [5.41, 5.74) is 1.43. The van der Waals surface area contributed by atoms with Crippen molar-refractivity contribution in [1.82, 2.24) is 0 Å². The zero-order chi connectivity index (χ0) is 27.7. The Bertz CT molecular complexity index is 1230. The Hall–Kier alpha value is -3.75. The Kier molecular flexibility index (Phi) is 9.98. The molecule has 204 valence electrons. The Labute approximate surface area is 219 Å². The summed E-state index contributed by atoms with van der Waals surface area (Å²) in [5, 5.41) is 0. The van der Waals surface area contributed by atoms with Gasteiger partial charge in [-0.1, -0.05) is 37.6 Å². The number of halogens is 4. The van der Waals surface area contributed by atoms with Gasteiger partial charge in [-0.25, -0.2) is 4.39 Å². The smallest absolute Gasteiger partial charge is 0.396 e. The number of methoxy groups -OCH3 is 2. The number of esters is 1. The molecule has 0 N–H and O–H groups in total. The highest BCUT2D eigenvalue weighted by molar-refractivity contribution is 5.73. The van der Waals surface area contributed by atoms with Gasteiger partial charge < -0.3 is 18.9 Å². The summed E-state index contributed by atoms with van der Waals surface area (Å²) < 4.78 is 76.9. The minimum atomic E-state index is -4.64. The van der Waals surface area contributed by atoms with Gasteiger partial charge in [0.05, 0.1) is 33.2 Å². The third kappa shape index (κ3) is 7.63. The normalized spacial score (nSPS) is 12.1. The maximum Gasteiger partial charge on any atom is 0.396 e. The van der Waals surface area contributed by atoms with Crippen LogP contribution < -0.4 is 14.2 Å². The lowest BCUT2D eigenvalue weighted by atomic mass is 9.95. The van der Waals surface area contributed by atoms with E-state index in [1.54, 1.807) is 24.3 Å². The molecular formula is C29H30F4O5. The van der Waals surface area contributed by atoms with E-state index < -0.39 is 30.3 Å². The van der Waals surface area contributed by atoms with Crippen LogP contribution in [0.5, 0.6) is 17.2 Å². The van der Waals surface area contributed by atoms with Crippen LogP contribution in [0.1, 0.15) is 43.2 Å². The van der Waals surface area contributed by atoms with Gasteiger partial charge in [0, 0.05) is 11.1 Å². The molecule has 0 saturated carbocycles. The van der Waals surface area contributed by atoms with E-state index in [0.717, 1.165) is 20.0 Å². The summed E-state index contributed by atoms with van der Waals surface area (Å²) in [6.45, 7) is 2.49. The van der Waals surface area contributed by atoms with Crippen molar-refractivity contribution < 1.29 is 41.3 Å². The van der Waals surface area contributed by atoms with Crippen molar-refractivity contribution in [2.75, 3.05) is 20.8 Å². The summed E-state index contributed by atoms with van der Waals surface area (Å²) >= 11 is 0. The van der Waals surface area contributed by atoms with E-state index in [9.17, 15) is 22.4 Å². The number of hydrogen-bond acceptors (Lipinski definition) is 5. The predicted molar refractivity (Wildman–Crippen MR) is 135 cm³/mol. The van der Waals surface area contributed by atoms with Crippen LogP contribution in [0.4, 0.5) is 17.6 Å². The van der Waals surface area contributed by atoms with Crippen molar-refractivity contribution in [2.24, 2.45) is 0 Å². The first-order valence-electron chi connectivity index (χ1n) is 12.1. The highest BCUT2D eigenvalue weighted by Crippen LogP contribution is 2.39. The maximum atomic E-state index is 14.7. The molecule has 1 atom stereocenters. The Balaban J connectivity index is 1.85. The average Bonchev–Trinajstić information content (AvgIpc) is 2.90. The lowest BCUT2D eigenvalue weighted by molar-refractivity contribution is -0.164. The number of unbranched alkanes of at least 4 members (excludes halogenated alkanes) is 1. The Morgan fingerprint density at radius 2 is 1.71 bits per heavy atom. The van der Waals surface area contributed by atoms with Crippen LogP contribution in [-0.4, -0.2) is 33.0 Å². The molecule has 0 fully saturated rings. The van der Waals surface area contributed by atoms with Crippen molar-refractivity contribution in [2.45, 2.75) is 44.9 Å². The number of alkyl halides is 3. The molecule has 0 aliphatic rings. The summed E-state index contributed by atoms with van der Waals surface area (Å²) in [7, 11) is 2.54. The van der Waals surface area contributed by atoms with E-state index in [2.05, 4.69) is 4.74 Å². The second kappa shape index (κ2) is 13.2. The fourth-order valence-electron chi connectivity index (χ4n) is 3.82. The van der Waals surface area contributed by atoms with Gasteiger partial charge in [0.1, 0.15) is 29.7 Å². The van der Waals surface area contributed by atoms with E-state index >= 15 is 0 Å². The minimum absolute atomic E-state index is 0.0299. The van der Waals surface area contributed by atoms with E-state index in [1.165, 1.54) is 43.5 Å². The lowest BCUT2D eigenvalue weighted by Crippen LogP contribution is -2.24. The molecule has 38 heavy (non-hydrogen) atoms. The third-order valence-electron chi connectivity index (χ3n) is 5.92. The van der Waals surface area contributed by atoms with E-state index in [-0.39, 0.29) is 17.9 Å². The van der Waals surface area contributed by atoms with E-state index in [0.29, 0.717) is 34.8 Å². The van der Waals surface area contributed by atoms with Crippen LogP contribution in [0.3, 0.4) is 0 Å². The summed E-state index contributed by atoms with van der Waals surface area (Å²) in [4.78, 5) is 11.6. The largest absolute Gasteiger partial charge is 0.497 e. The highest BCUT2D eigenvalue weighted by atomic mass is 19.4. The maximum absolute atomic E-state index is 14.7. The molecule has 0 spiro atoms. The topological polar surface area (TPSA) is 54.0 Å². The van der Waals surface area contributed by atoms with Crippen LogP contribution in [0, 0.1) is 5.82 Å². The van der Waals surface area contributed by atoms with Crippen LogP contribution >= 0.6 is 0 Å². The number of carbonyl (C=O) groups is 1. The van der Waals surface area contributed by atoms with Gasteiger partial charge in [-0.15, -0.1) is 0 Å². The predicted octanol–water partition coefficient (Wildman–Crippen LogP) is 7.47. The third-order valence-corrected chi connectivity index (χ3v) is 5.92. The van der Waals surface area contributed by atoms with Gasteiger partial charge in [-0.05, 0) is 53.9 Å². The van der Waals surface area contributed by atoms with Crippen molar-refractivity contribution in [3.8, 4) is 28.4 Å². The van der Waals surface area contributed by atoms with Crippen LogP contribution in [0.25, 0.3) is 11.1 Å². The van der Waals surface area contributed by atoms with Crippen molar-refractivity contribution >= 4 is 5.97 Å². The average molecular weight is 535 g/mol. The molecule has 3 rings (SSSR count). The van der Waals surface area contributed by atoms with Gasteiger partial charge in [-0.2, -0.15) is 13.2 Å². The zero-order valence-electron chi connectivity index (χ0n) is 21.4. The second-order valence-corrected chi connectivity index (χ2v) is 8.61. The molecule has 0 heterocycles. The van der Waals surface area contributed by atoms with Crippen LogP contribution in [0.2, 0.25) is 0 Å². The van der Waals surface area contributed by atoms with Crippen molar-refractivity contribution in [3.63, 3.8) is 0 Å². The molecule has 0 bridgehead atoms. The summed E-state index contributed by atoms with van der Waals surface area (Å²) in [6, 6.07) is 15.1. The molecule has 0 aliphatic heterocycles. The van der Waals surface area contributed by atoms with Gasteiger partial charge in [0.2, 0.25) is 0 Å². The zero-order valence-corrected chi connectivity index (χ0v) is 21.4. The lowest BCUT2D eigenvalue weighted by Gasteiger charge is -2.20. The first-order chi connectivity index (χ1) is 18.2. The Morgan fingerprint density at radius 3 is 2.39 bits per heavy atom. The molecule has 1 unspecified atom stereocenters. The molecule has 9 heteroatoms. The molecule has 3 aromatic carbocycles. The molecule has 5 nitrogen and oxygen atoms in total. The standard InChI is InChI=1S/C29H30F4O5/c1-4-5-13-37-27-14-19(9-11-23(27)24-16-21(35-2)10-12-26(24)30)18-38-22-8-6-7-20(15-22)25(29(31,32)33)17-28(34)36-3/h6-12,14-16,25H,4-5,13,17-18H2,1-3H3. The molecular weight excluding hydrogens is 504 g/mol. The van der Waals surface area contributed by atoms with E-state index in [1.807, 2.05) is 6.92 Å². The monoisotopic (exact) mass is 534 g/mol. The van der Waals surface area contributed by atoms with Gasteiger partial charge in [0.15, 0.2) is 0 Å². The number of carbonyl (C=O) groups excluding carboxylic acids is 1. The van der Waals surface area contributed by atoms with Gasteiger partial charge >= 0.3 is 12.1 Å². The first-order valence-corrected chi connectivity index (χ1v) is 12.1. The SMILES string of the molecule is CCCCOc1cc(COc2cccc(C(CC(=O)OC)C(F)(F)F)c2)ccc1-c1cc(OC)ccc1F. The van der Waals surface area contributed by atoms with E-state index in [4.69, 9.17) is 14.2 Å². The fraction of sp³-hybridized carbons (Fsp3) is 0.345. The quantitative estimate of drug-likeness (QED) is 0.137. The van der Waals surface area contributed by atoms with Gasteiger partial charge in [-0.3, -0.25) is 4.79 Å². The van der Waals surface area contributed by atoms with Crippen molar-refractivity contribution in [3.05, 3.63) is 77.6 Å². The molecule has 3 aromatic rings. The summed E-state index contributed by atoms with van der Waals surface area (Å²) in [6.07, 6.45) is -3.75. The number of rotatable bonds is 12. The highest BCUT2D eigenvalue weighted by Gasteiger charge is 2.42. The second-order valence-electron chi connectivity index (χ2n) is 8.61. The summed E-state index contributed by atoms with van der Waals surface area (Å²) in [5.74, 6) is -2.25. The molecule has 0 amide bonds. The Morgan fingerprint density at radius 1 is 0.921 bits per heavy atom. The number of hydrogen-bond donors (Lipinski definition) is 0. The molecule has 0 aliphatic carbocycles. The molecule has 0 aromatic heterocycles. The molecule has 0 saturated heterocycles. The minimum Gasteiger partial charge on any atom is -0.497 e. The van der Waals surface area contributed by atoms with Crippen molar-refractivity contribution in [1.29, 1.82) is 0 Å². The fourth-order valence-corrected chi connectivity index (χ4v) is 3.82. The number of benzene rings is 3. The van der Waals surface area contributed by atoms with Crippen LogP contribution in [-0.2, 0) is 16.1 Å². The van der Waals surface area contributed by atoms with Gasteiger partial charge in [0.25, 0.3) is 0 Å². The number of ether oxygens (including phenoxy) is 4.